The molecule has 1 aliphatic heterocycles. The van der Waals surface area contributed by atoms with Crippen LogP contribution in [0, 0.1) is 0 Å². The van der Waals surface area contributed by atoms with Crippen molar-refractivity contribution < 1.29 is 4.74 Å². The molecule has 1 fully saturated rings. The number of benzene rings is 1. The highest BCUT2D eigenvalue weighted by molar-refractivity contribution is 9.10. The van der Waals surface area contributed by atoms with Crippen molar-refractivity contribution in [3.05, 3.63) is 28.7 Å². The van der Waals surface area contributed by atoms with E-state index in [1.807, 2.05) is 36.0 Å². The molecule has 1 aromatic carbocycles. The van der Waals surface area contributed by atoms with Gasteiger partial charge in [0.15, 0.2) is 0 Å². The molecule has 14 heavy (non-hydrogen) atoms. The van der Waals surface area contributed by atoms with E-state index in [4.69, 9.17) is 4.74 Å². The average Bonchev–Trinajstić information content (AvgIpc) is 2.19. The molecular formula is C11H13BrOS. The minimum absolute atomic E-state index is 0.422. The fraction of sp³-hybridized carbons (Fsp3) is 0.455. The van der Waals surface area contributed by atoms with E-state index in [-0.39, 0.29) is 0 Å². The van der Waals surface area contributed by atoms with Crippen LogP contribution >= 0.6 is 27.7 Å². The van der Waals surface area contributed by atoms with Crippen molar-refractivity contribution in [3.63, 3.8) is 0 Å². The predicted molar refractivity (Wildman–Crippen MR) is 65.1 cm³/mol. The summed E-state index contributed by atoms with van der Waals surface area (Å²) in [5.74, 6) is 3.45. The summed E-state index contributed by atoms with van der Waals surface area (Å²) in [4.78, 5) is 0. The second kappa shape index (κ2) is 5.08. The topological polar surface area (TPSA) is 9.23 Å². The van der Waals surface area contributed by atoms with Crippen LogP contribution in [0.25, 0.3) is 0 Å². The van der Waals surface area contributed by atoms with Gasteiger partial charge in [0, 0.05) is 4.47 Å². The highest BCUT2D eigenvalue weighted by Gasteiger charge is 2.14. The van der Waals surface area contributed by atoms with Crippen molar-refractivity contribution >= 4 is 27.7 Å². The summed E-state index contributed by atoms with van der Waals surface area (Å²) >= 11 is 5.47. The Labute approximate surface area is 97.4 Å². The molecule has 0 unspecified atom stereocenters. The smallest absolute Gasteiger partial charge is 0.120 e. The molecule has 0 atom stereocenters. The van der Waals surface area contributed by atoms with Gasteiger partial charge in [-0.25, -0.2) is 0 Å². The summed E-state index contributed by atoms with van der Waals surface area (Å²) in [7, 11) is 0. The molecule has 0 amide bonds. The number of hydrogen-bond donors (Lipinski definition) is 0. The first-order valence-electron chi connectivity index (χ1n) is 4.84. The SMILES string of the molecule is Brc1cccc(OC2CCSCC2)c1. The fourth-order valence-electron chi connectivity index (χ4n) is 1.53. The van der Waals surface area contributed by atoms with Gasteiger partial charge in [-0.2, -0.15) is 11.8 Å². The Balaban J connectivity index is 1.95. The van der Waals surface area contributed by atoms with E-state index in [0.717, 1.165) is 10.2 Å². The second-order valence-corrected chi connectivity index (χ2v) is 5.53. The zero-order chi connectivity index (χ0) is 9.80. The van der Waals surface area contributed by atoms with Crippen molar-refractivity contribution in [2.24, 2.45) is 0 Å². The molecule has 0 N–H and O–H groups in total. The third-order valence-electron chi connectivity index (χ3n) is 2.27. The molecule has 1 aliphatic rings. The normalized spacial score (nSPS) is 18.1. The third-order valence-corrected chi connectivity index (χ3v) is 3.81. The minimum atomic E-state index is 0.422. The molecule has 0 aliphatic carbocycles. The zero-order valence-electron chi connectivity index (χ0n) is 7.91. The van der Waals surface area contributed by atoms with Crippen molar-refractivity contribution in [1.29, 1.82) is 0 Å². The van der Waals surface area contributed by atoms with E-state index >= 15 is 0 Å². The van der Waals surface area contributed by atoms with Gasteiger partial charge in [-0.05, 0) is 42.5 Å². The monoisotopic (exact) mass is 272 g/mol. The molecule has 0 radical (unpaired) electrons. The molecule has 76 valence electrons. The zero-order valence-corrected chi connectivity index (χ0v) is 10.3. The Morgan fingerprint density at radius 1 is 1.29 bits per heavy atom. The van der Waals surface area contributed by atoms with Gasteiger partial charge < -0.3 is 4.74 Å². The van der Waals surface area contributed by atoms with Crippen LogP contribution in [0.4, 0.5) is 0 Å². The van der Waals surface area contributed by atoms with Gasteiger partial charge in [-0.15, -0.1) is 0 Å². The number of halogens is 1. The standard InChI is InChI=1S/C11H13BrOS/c12-9-2-1-3-11(8-9)13-10-4-6-14-7-5-10/h1-3,8,10H,4-7H2. The van der Waals surface area contributed by atoms with Gasteiger partial charge in [0.2, 0.25) is 0 Å². The number of ether oxygens (including phenoxy) is 1. The van der Waals surface area contributed by atoms with Crippen molar-refractivity contribution in [1.82, 2.24) is 0 Å². The van der Waals surface area contributed by atoms with Crippen LogP contribution in [0.5, 0.6) is 5.75 Å². The minimum Gasteiger partial charge on any atom is -0.490 e. The Morgan fingerprint density at radius 3 is 2.79 bits per heavy atom. The van der Waals surface area contributed by atoms with Crippen LogP contribution in [-0.4, -0.2) is 17.6 Å². The second-order valence-electron chi connectivity index (χ2n) is 3.39. The van der Waals surface area contributed by atoms with Gasteiger partial charge in [-0.3, -0.25) is 0 Å². The third kappa shape index (κ3) is 2.92. The molecule has 1 saturated heterocycles. The molecule has 2 rings (SSSR count). The summed E-state index contributed by atoms with van der Waals surface area (Å²) in [6, 6.07) is 8.08. The average molecular weight is 273 g/mol. The predicted octanol–water partition coefficient (Wildman–Crippen LogP) is 3.72. The lowest BCUT2D eigenvalue weighted by molar-refractivity contribution is 0.192. The van der Waals surface area contributed by atoms with E-state index < -0.39 is 0 Å². The quantitative estimate of drug-likeness (QED) is 0.812. The largest absolute Gasteiger partial charge is 0.490 e. The van der Waals surface area contributed by atoms with Crippen molar-refractivity contribution in [2.75, 3.05) is 11.5 Å². The number of rotatable bonds is 2. The number of hydrogen-bond acceptors (Lipinski definition) is 2. The molecule has 0 aromatic heterocycles. The molecule has 0 bridgehead atoms. The molecule has 1 heterocycles. The highest BCUT2D eigenvalue weighted by Crippen LogP contribution is 2.24. The molecule has 3 heteroatoms. The molecule has 0 saturated carbocycles. The summed E-state index contributed by atoms with van der Waals surface area (Å²) in [5.41, 5.74) is 0. The van der Waals surface area contributed by atoms with E-state index in [1.165, 1.54) is 24.3 Å². The first kappa shape index (κ1) is 10.4. The lowest BCUT2D eigenvalue weighted by Gasteiger charge is -2.22. The van der Waals surface area contributed by atoms with Gasteiger partial charge >= 0.3 is 0 Å². The first-order valence-corrected chi connectivity index (χ1v) is 6.79. The van der Waals surface area contributed by atoms with Crippen LogP contribution in [0.1, 0.15) is 12.8 Å². The Bertz CT molecular complexity index is 297. The Hall–Kier alpha value is -0.150. The molecule has 1 nitrogen and oxygen atoms in total. The van der Waals surface area contributed by atoms with Crippen LogP contribution in [0.2, 0.25) is 0 Å². The van der Waals surface area contributed by atoms with E-state index in [9.17, 15) is 0 Å². The Morgan fingerprint density at radius 2 is 2.07 bits per heavy atom. The van der Waals surface area contributed by atoms with Crippen molar-refractivity contribution in [2.45, 2.75) is 18.9 Å². The van der Waals surface area contributed by atoms with Crippen LogP contribution in [-0.2, 0) is 0 Å². The maximum absolute atomic E-state index is 5.89. The molecule has 0 spiro atoms. The van der Waals surface area contributed by atoms with E-state index in [0.29, 0.717) is 6.10 Å². The summed E-state index contributed by atoms with van der Waals surface area (Å²) in [6.07, 6.45) is 2.78. The van der Waals surface area contributed by atoms with Gasteiger partial charge in [0.05, 0.1) is 0 Å². The van der Waals surface area contributed by atoms with Gasteiger partial charge in [0.1, 0.15) is 11.9 Å². The fourth-order valence-corrected chi connectivity index (χ4v) is 2.97. The Kier molecular flexibility index (Phi) is 3.76. The van der Waals surface area contributed by atoms with E-state index in [2.05, 4.69) is 15.9 Å². The maximum atomic E-state index is 5.89. The van der Waals surface area contributed by atoms with Crippen molar-refractivity contribution in [3.8, 4) is 5.75 Å². The maximum Gasteiger partial charge on any atom is 0.120 e. The molecular weight excluding hydrogens is 260 g/mol. The highest BCUT2D eigenvalue weighted by atomic mass is 79.9. The lowest BCUT2D eigenvalue weighted by atomic mass is 10.2. The summed E-state index contributed by atoms with van der Waals surface area (Å²) in [5, 5.41) is 0. The summed E-state index contributed by atoms with van der Waals surface area (Å²) < 4.78 is 6.98. The van der Waals surface area contributed by atoms with Crippen LogP contribution in [0.3, 0.4) is 0 Å². The lowest BCUT2D eigenvalue weighted by Crippen LogP contribution is -2.21. The van der Waals surface area contributed by atoms with Crippen LogP contribution in [0.15, 0.2) is 28.7 Å². The van der Waals surface area contributed by atoms with Gasteiger partial charge in [-0.1, -0.05) is 22.0 Å². The van der Waals surface area contributed by atoms with E-state index in [1.54, 1.807) is 0 Å². The van der Waals surface area contributed by atoms with Crippen LogP contribution < -0.4 is 4.74 Å². The van der Waals surface area contributed by atoms with Gasteiger partial charge in [0.25, 0.3) is 0 Å². The molecule has 1 aromatic rings. The summed E-state index contributed by atoms with van der Waals surface area (Å²) in [6.45, 7) is 0. The number of thioether (sulfide) groups is 1. The first-order chi connectivity index (χ1) is 6.84.